The van der Waals surface area contributed by atoms with Crippen LogP contribution in [0.1, 0.15) is 30.0 Å². The number of fused-ring (bicyclic) bond motifs is 1. The summed E-state index contributed by atoms with van der Waals surface area (Å²) < 4.78 is 13.2. The molecule has 1 atom stereocenters. The van der Waals surface area contributed by atoms with Crippen LogP contribution in [0.5, 0.6) is 0 Å². The molecule has 1 saturated heterocycles. The number of likely N-dealkylation sites (tertiary alicyclic amines) is 1. The van der Waals surface area contributed by atoms with E-state index in [0.29, 0.717) is 6.42 Å². The lowest BCUT2D eigenvalue weighted by Gasteiger charge is -2.25. The van der Waals surface area contributed by atoms with Gasteiger partial charge in [-0.25, -0.2) is 4.39 Å². The highest BCUT2D eigenvalue weighted by molar-refractivity contribution is 5.89. The van der Waals surface area contributed by atoms with Gasteiger partial charge in [-0.2, -0.15) is 0 Å². The molecule has 4 heteroatoms. The fourth-order valence-electron chi connectivity index (χ4n) is 3.68. The van der Waals surface area contributed by atoms with Crippen molar-refractivity contribution in [2.75, 3.05) is 6.54 Å². The van der Waals surface area contributed by atoms with Crippen molar-refractivity contribution in [3.05, 3.63) is 77.9 Å². The average Bonchev–Trinajstić information content (AvgIpc) is 3.12. The summed E-state index contributed by atoms with van der Waals surface area (Å²) in [5.41, 5.74) is 1.95. The van der Waals surface area contributed by atoms with Crippen LogP contribution in [0.2, 0.25) is 0 Å². The third kappa shape index (κ3) is 3.12. The van der Waals surface area contributed by atoms with E-state index in [2.05, 4.69) is 4.98 Å². The Kier molecular flexibility index (Phi) is 4.18. The number of rotatable bonds is 3. The molecule has 1 amide bonds. The number of hydrogen-bond donors (Lipinski definition) is 0. The normalized spacial score (nSPS) is 17.2. The van der Waals surface area contributed by atoms with Crippen molar-refractivity contribution in [1.29, 1.82) is 0 Å². The van der Waals surface area contributed by atoms with Gasteiger partial charge in [0.1, 0.15) is 5.82 Å². The Morgan fingerprint density at radius 2 is 1.92 bits per heavy atom. The van der Waals surface area contributed by atoms with Crippen molar-refractivity contribution >= 4 is 16.7 Å². The maximum atomic E-state index is 13.2. The zero-order valence-corrected chi connectivity index (χ0v) is 13.9. The van der Waals surface area contributed by atoms with E-state index in [-0.39, 0.29) is 17.8 Å². The maximum Gasteiger partial charge on any atom is 0.227 e. The first kappa shape index (κ1) is 15.8. The summed E-state index contributed by atoms with van der Waals surface area (Å²) in [6, 6.07) is 14.5. The van der Waals surface area contributed by atoms with E-state index in [1.165, 1.54) is 12.1 Å². The van der Waals surface area contributed by atoms with Gasteiger partial charge in [-0.15, -0.1) is 0 Å². The second-order valence-corrected chi connectivity index (χ2v) is 6.49. The van der Waals surface area contributed by atoms with Crippen molar-refractivity contribution in [3.63, 3.8) is 0 Å². The highest BCUT2D eigenvalue weighted by atomic mass is 19.1. The lowest BCUT2D eigenvalue weighted by Crippen LogP contribution is -2.31. The van der Waals surface area contributed by atoms with Crippen LogP contribution in [0.15, 0.2) is 60.9 Å². The number of carbonyl (C=O) groups excluding carboxylic acids is 1. The number of aromatic nitrogens is 1. The van der Waals surface area contributed by atoms with E-state index in [1.54, 1.807) is 18.3 Å². The van der Waals surface area contributed by atoms with Gasteiger partial charge in [0, 0.05) is 24.3 Å². The van der Waals surface area contributed by atoms with E-state index in [1.807, 2.05) is 35.4 Å². The Hall–Kier alpha value is -2.75. The van der Waals surface area contributed by atoms with Crippen molar-refractivity contribution in [2.45, 2.75) is 25.3 Å². The third-order valence-corrected chi connectivity index (χ3v) is 4.92. The van der Waals surface area contributed by atoms with E-state index in [4.69, 9.17) is 0 Å². The standard InChI is InChI=1S/C21H19FN2O/c22-18-9-7-15(8-10-18)20-6-3-11-24(20)21(25)12-17-14-23-13-16-4-1-2-5-19(16)17/h1-2,4-5,7-10,13-14,20H,3,6,11-12H2. The Balaban J connectivity index is 1.58. The molecule has 0 aliphatic carbocycles. The molecule has 0 bridgehead atoms. The number of amides is 1. The number of carbonyl (C=O) groups is 1. The van der Waals surface area contributed by atoms with Crippen molar-refractivity contribution < 1.29 is 9.18 Å². The molecular formula is C21H19FN2O. The second kappa shape index (κ2) is 6.63. The molecule has 1 fully saturated rings. The highest BCUT2D eigenvalue weighted by Crippen LogP contribution is 2.32. The third-order valence-electron chi connectivity index (χ3n) is 4.92. The van der Waals surface area contributed by atoms with Gasteiger partial charge in [-0.05, 0) is 41.5 Å². The summed E-state index contributed by atoms with van der Waals surface area (Å²) in [6.45, 7) is 0.749. The highest BCUT2D eigenvalue weighted by Gasteiger charge is 2.30. The topological polar surface area (TPSA) is 33.2 Å². The van der Waals surface area contributed by atoms with Gasteiger partial charge < -0.3 is 4.90 Å². The summed E-state index contributed by atoms with van der Waals surface area (Å²) in [4.78, 5) is 19.1. The maximum absolute atomic E-state index is 13.2. The first-order chi connectivity index (χ1) is 12.2. The molecule has 3 nitrogen and oxygen atoms in total. The molecule has 0 spiro atoms. The molecule has 25 heavy (non-hydrogen) atoms. The van der Waals surface area contributed by atoms with Crippen LogP contribution in [-0.4, -0.2) is 22.3 Å². The van der Waals surface area contributed by atoms with E-state index >= 15 is 0 Å². The SMILES string of the molecule is O=C(Cc1cncc2ccccc12)N1CCCC1c1ccc(F)cc1. The Morgan fingerprint density at radius 3 is 2.76 bits per heavy atom. The first-order valence-electron chi connectivity index (χ1n) is 8.59. The fraction of sp³-hybridized carbons (Fsp3) is 0.238. The van der Waals surface area contributed by atoms with Gasteiger partial charge in [-0.1, -0.05) is 36.4 Å². The van der Waals surface area contributed by atoms with Crippen molar-refractivity contribution in [1.82, 2.24) is 9.88 Å². The van der Waals surface area contributed by atoms with Gasteiger partial charge >= 0.3 is 0 Å². The smallest absolute Gasteiger partial charge is 0.227 e. The van der Waals surface area contributed by atoms with E-state index in [0.717, 1.165) is 41.3 Å². The monoisotopic (exact) mass is 334 g/mol. The zero-order valence-electron chi connectivity index (χ0n) is 13.9. The van der Waals surface area contributed by atoms with Gasteiger partial charge in [0.15, 0.2) is 0 Å². The fourth-order valence-corrected chi connectivity index (χ4v) is 3.68. The Bertz CT molecular complexity index is 902. The van der Waals surface area contributed by atoms with Crippen molar-refractivity contribution in [3.8, 4) is 0 Å². The molecule has 1 aromatic heterocycles. The lowest BCUT2D eigenvalue weighted by molar-refractivity contribution is -0.131. The minimum Gasteiger partial charge on any atom is -0.335 e. The number of nitrogens with zero attached hydrogens (tertiary/aromatic N) is 2. The molecule has 126 valence electrons. The van der Waals surface area contributed by atoms with Crippen LogP contribution in [0, 0.1) is 5.82 Å². The molecule has 0 radical (unpaired) electrons. The minimum atomic E-state index is -0.249. The number of halogens is 1. The van der Waals surface area contributed by atoms with Crippen LogP contribution < -0.4 is 0 Å². The van der Waals surface area contributed by atoms with Crippen LogP contribution in [-0.2, 0) is 11.2 Å². The molecule has 0 saturated carbocycles. The quantitative estimate of drug-likeness (QED) is 0.716. The molecule has 2 aromatic carbocycles. The summed E-state index contributed by atoms with van der Waals surface area (Å²) in [6.07, 6.45) is 5.84. The molecule has 2 heterocycles. The lowest BCUT2D eigenvalue weighted by atomic mass is 10.0. The van der Waals surface area contributed by atoms with Gasteiger partial charge in [0.05, 0.1) is 12.5 Å². The number of pyridine rings is 1. The number of hydrogen-bond acceptors (Lipinski definition) is 2. The molecule has 0 N–H and O–H groups in total. The summed E-state index contributed by atoms with van der Waals surface area (Å²) >= 11 is 0. The van der Waals surface area contributed by atoms with E-state index < -0.39 is 0 Å². The predicted molar refractivity (Wildman–Crippen MR) is 95.5 cm³/mol. The minimum absolute atomic E-state index is 0.0380. The number of benzene rings is 2. The largest absolute Gasteiger partial charge is 0.335 e. The Labute approximate surface area is 146 Å². The summed E-state index contributed by atoms with van der Waals surface area (Å²) in [7, 11) is 0. The first-order valence-corrected chi connectivity index (χ1v) is 8.59. The van der Waals surface area contributed by atoms with Crippen LogP contribution in [0.3, 0.4) is 0 Å². The van der Waals surface area contributed by atoms with Crippen LogP contribution in [0.25, 0.3) is 10.8 Å². The summed E-state index contributed by atoms with van der Waals surface area (Å²) in [5.74, 6) is -0.147. The van der Waals surface area contributed by atoms with Gasteiger partial charge in [0.25, 0.3) is 0 Å². The second-order valence-electron chi connectivity index (χ2n) is 6.49. The van der Waals surface area contributed by atoms with Crippen LogP contribution in [0.4, 0.5) is 4.39 Å². The van der Waals surface area contributed by atoms with Gasteiger partial charge in [0.2, 0.25) is 5.91 Å². The molecule has 4 rings (SSSR count). The zero-order chi connectivity index (χ0) is 17.2. The van der Waals surface area contributed by atoms with E-state index in [9.17, 15) is 9.18 Å². The predicted octanol–water partition coefficient (Wildman–Crippen LogP) is 4.28. The van der Waals surface area contributed by atoms with Gasteiger partial charge in [-0.3, -0.25) is 9.78 Å². The molecular weight excluding hydrogens is 315 g/mol. The average molecular weight is 334 g/mol. The van der Waals surface area contributed by atoms with Crippen molar-refractivity contribution in [2.24, 2.45) is 0 Å². The molecule has 1 aliphatic rings. The molecule has 1 unspecified atom stereocenters. The Morgan fingerprint density at radius 1 is 1.12 bits per heavy atom. The summed E-state index contributed by atoms with van der Waals surface area (Å²) in [5, 5.41) is 2.12. The molecule has 1 aliphatic heterocycles. The van der Waals surface area contributed by atoms with Crippen LogP contribution >= 0.6 is 0 Å². The molecule has 3 aromatic rings.